The van der Waals surface area contributed by atoms with Crippen LogP contribution in [0.3, 0.4) is 0 Å². The number of nitriles is 1. The summed E-state index contributed by atoms with van der Waals surface area (Å²) in [4.78, 5) is 29.5. The van der Waals surface area contributed by atoms with Crippen molar-refractivity contribution in [2.75, 3.05) is 18.9 Å². The van der Waals surface area contributed by atoms with Crippen LogP contribution in [0.4, 0.5) is 5.82 Å². The molecular weight excluding hydrogens is 402 g/mol. The van der Waals surface area contributed by atoms with E-state index in [0.717, 1.165) is 22.0 Å². The molecule has 3 heterocycles. The molecule has 0 radical (unpaired) electrons. The van der Waals surface area contributed by atoms with Gasteiger partial charge in [-0.25, -0.2) is 15.0 Å². The third-order valence-electron chi connectivity index (χ3n) is 5.24. The summed E-state index contributed by atoms with van der Waals surface area (Å²) >= 11 is 0. The fourth-order valence-electron chi connectivity index (χ4n) is 3.52. The van der Waals surface area contributed by atoms with Gasteiger partial charge in [-0.3, -0.25) is 9.78 Å². The van der Waals surface area contributed by atoms with Crippen molar-refractivity contribution in [2.45, 2.75) is 12.8 Å². The van der Waals surface area contributed by atoms with Crippen molar-refractivity contribution in [1.29, 1.82) is 5.26 Å². The van der Waals surface area contributed by atoms with Crippen LogP contribution in [0.2, 0.25) is 0 Å². The second-order valence-electron chi connectivity index (χ2n) is 7.30. The SMILES string of the molecule is CNC(=O)c1ccnc2c([C@H](C)CNc3cc(-c4ccc(C#N)nc4)ncn3)cccc12. The number of nitrogens with one attached hydrogen (secondary N) is 2. The molecule has 0 aliphatic carbocycles. The molecule has 0 unspecified atom stereocenters. The van der Waals surface area contributed by atoms with Crippen LogP contribution in [-0.2, 0) is 0 Å². The van der Waals surface area contributed by atoms with Crippen LogP contribution in [0.1, 0.15) is 34.5 Å². The van der Waals surface area contributed by atoms with E-state index in [1.807, 2.05) is 36.4 Å². The van der Waals surface area contributed by atoms with Crippen LogP contribution >= 0.6 is 0 Å². The van der Waals surface area contributed by atoms with Crippen molar-refractivity contribution in [2.24, 2.45) is 0 Å². The zero-order chi connectivity index (χ0) is 22.5. The lowest BCUT2D eigenvalue weighted by molar-refractivity contribution is 0.0964. The summed E-state index contributed by atoms with van der Waals surface area (Å²) in [7, 11) is 1.62. The van der Waals surface area contributed by atoms with Crippen LogP contribution in [0.25, 0.3) is 22.2 Å². The van der Waals surface area contributed by atoms with E-state index >= 15 is 0 Å². The molecule has 0 aliphatic heterocycles. The number of aromatic nitrogens is 4. The normalized spacial score (nSPS) is 11.5. The van der Waals surface area contributed by atoms with E-state index in [1.165, 1.54) is 6.33 Å². The van der Waals surface area contributed by atoms with Crippen molar-refractivity contribution in [3.05, 3.63) is 78.0 Å². The lowest BCUT2D eigenvalue weighted by atomic mass is 9.96. The number of hydrogen-bond donors (Lipinski definition) is 2. The van der Waals surface area contributed by atoms with E-state index in [1.54, 1.807) is 31.6 Å². The molecule has 0 saturated heterocycles. The Balaban J connectivity index is 1.54. The van der Waals surface area contributed by atoms with Crippen molar-refractivity contribution < 1.29 is 4.79 Å². The molecule has 4 rings (SSSR count). The number of carbonyl (C=O) groups is 1. The molecule has 0 spiro atoms. The Bertz CT molecular complexity index is 1310. The highest BCUT2D eigenvalue weighted by atomic mass is 16.1. The quantitative estimate of drug-likeness (QED) is 0.487. The highest BCUT2D eigenvalue weighted by molar-refractivity contribution is 6.06. The number of anilines is 1. The Morgan fingerprint density at radius 1 is 1.12 bits per heavy atom. The summed E-state index contributed by atoms with van der Waals surface area (Å²) in [5.41, 5.74) is 4.35. The number of rotatable bonds is 6. The van der Waals surface area contributed by atoms with Gasteiger partial charge in [0.2, 0.25) is 0 Å². The maximum absolute atomic E-state index is 12.2. The van der Waals surface area contributed by atoms with Gasteiger partial charge in [-0.05, 0) is 23.8 Å². The summed E-state index contributed by atoms with van der Waals surface area (Å²) in [6.07, 6.45) is 4.79. The van der Waals surface area contributed by atoms with Crippen LogP contribution in [0, 0.1) is 11.3 Å². The lowest BCUT2D eigenvalue weighted by Gasteiger charge is -2.16. The van der Waals surface area contributed by atoms with E-state index < -0.39 is 0 Å². The molecule has 1 atom stereocenters. The summed E-state index contributed by atoms with van der Waals surface area (Å²) in [6.45, 7) is 2.72. The van der Waals surface area contributed by atoms with Gasteiger partial charge in [0.15, 0.2) is 0 Å². The van der Waals surface area contributed by atoms with Gasteiger partial charge < -0.3 is 10.6 Å². The monoisotopic (exact) mass is 423 g/mol. The molecule has 3 aromatic heterocycles. The molecule has 8 heteroatoms. The number of benzene rings is 1. The maximum Gasteiger partial charge on any atom is 0.251 e. The van der Waals surface area contributed by atoms with Crippen molar-refractivity contribution >= 4 is 22.6 Å². The molecule has 8 nitrogen and oxygen atoms in total. The highest BCUT2D eigenvalue weighted by Gasteiger charge is 2.15. The molecule has 0 bridgehead atoms. The van der Waals surface area contributed by atoms with Crippen LogP contribution in [0.5, 0.6) is 0 Å². The van der Waals surface area contributed by atoms with Gasteiger partial charge in [-0.2, -0.15) is 5.26 Å². The van der Waals surface area contributed by atoms with Crippen molar-refractivity contribution in [3.8, 4) is 17.3 Å². The minimum absolute atomic E-state index is 0.112. The number of amides is 1. The van der Waals surface area contributed by atoms with Crippen LogP contribution in [-0.4, -0.2) is 39.4 Å². The molecule has 1 amide bonds. The number of hydrogen-bond acceptors (Lipinski definition) is 7. The van der Waals surface area contributed by atoms with Gasteiger partial charge in [0.25, 0.3) is 5.91 Å². The first-order valence-electron chi connectivity index (χ1n) is 10.1. The standard InChI is InChI=1S/C24H21N7O/c1-15(18-4-3-5-19-20(24(32)26-2)8-9-27-23(18)19)12-29-22-10-21(30-14-31-22)16-6-7-17(11-25)28-13-16/h3-10,13-15H,12H2,1-2H3,(H,26,32)(H,29,30,31)/t15-/m1/s1. The van der Waals surface area contributed by atoms with E-state index in [0.29, 0.717) is 29.3 Å². The van der Waals surface area contributed by atoms with Gasteiger partial charge in [0.1, 0.15) is 23.9 Å². The molecule has 158 valence electrons. The first kappa shape index (κ1) is 20.9. The summed E-state index contributed by atoms with van der Waals surface area (Å²) in [6, 6.07) is 15.0. The Morgan fingerprint density at radius 3 is 2.75 bits per heavy atom. The largest absolute Gasteiger partial charge is 0.369 e. The van der Waals surface area contributed by atoms with Gasteiger partial charge in [-0.15, -0.1) is 0 Å². The molecule has 0 saturated carbocycles. The van der Waals surface area contributed by atoms with Crippen LogP contribution in [0.15, 0.2) is 61.2 Å². The van der Waals surface area contributed by atoms with E-state index in [2.05, 4.69) is 37.5 Å². The predicted molar refractivity (Wildman–Crippen MR) is 122 cm³/mol. The smallest absolute Gasteiger partial charge is 0.251 e. The molecule has 0 fully saturated rings. The van der Waals surface area contributed by atoms with Crippen LogP contribution < -0.4 is 10.6 Å². The minimum atomic E-state index is -0.133. The van der Waals surface area contributed by atoms with Crippen molar-refractivity contribution in [3.63, 3.8) is 0 Å². The average molecular weight is 423 g/mol. The summed E-state index contributed by atoms with van der Waals surface area (Å²) < 4.78 is 0. The summed E-state index contributed by atoms with van der Waals surface area (Å²) in [5, 5.41) is 15.8. The Morgan fingerprint density at radius 2 is 2.00 bits per heavy atom. The maximum atomic E-state index is 12.2. The predicted octanol–water partition coefficient (Wildman–Crippen LogP) is 3.53. The van der Waals surface area contributed by atoms with Gasteiger partial charge in [-0.1, -0.05) is 25.1 Å². The molecule has 1 aromatic carbocycles. The number of para-hydroxylation sites is 1. The van der Waals surface area contributed by atoms with Gasteiger partial charge in [0, 0.05) is 48.9 Å². The number of fused-ring (bicyclic) bond motifs is 1. The Labute approximate surface area is 185 Å². The molecule has 32 heavy (non-hydrogen) atoms. The Hall–Kier alpha value is -4.38. The zero-order valence-corrected chi connectivity index (χ0v) is 17.7. The molecule has 2 N–H and O–H groups in total. The van der Waals surface area contributed by atoms with Gasteiger partial charge in [0.05, 0.1) is 16.8 Å². The highest BCUT2D eigenvalue weighted by Crippen LogP contribution is 2.27. The number of pyridine rings is 2. The molecular formula is C24H21N7O. The third kappa shape index (κ3) is 4.23. The fraction of sp³-hybridized carbons (Fsp3) is 0.167. The first-order chi connectivity index (χ1) is 15.6. The topological polar surface area (TPSA) is 116 Å². The number of carbonyl (C=O) groups excluding carboxylic acids is 1. The second-order valence-corrected chi connectivity index (χ2v) is 7.30. The van der Waals surface area contributed by atoms with E-state index in [4.69, 9.17) is 5.26 Å². The van der Waals surface area contributed by atoms with E-state index in [-0.39, 0.29) is 11.8 Å². The summed E-state index contributed by atoms with van der Waals surface area (Å²) in [5.74, 6) is 0.665. The third-order valence-corrected chi connectivity index (χ3v) is 5.24. The first-order valence-corrected chi connectivity index (χ1v) is 10.1. The number of nitrogens with zero attached hydrogens (tertiary/aromatic N) is 5. The molecule has 4 aromatic rings. The van der Waals surface area contributed by atoms with Gasteiger partial charge >= 0.3 is 0 Å². The second kappa shape index (κ2) is 9.18. The minimum Gasteiger partial charge on any atom is -0.369 e. The zero-order valence-electron chi connectivity index (χ0n) is 17.7. The Kier molecular flexibility index (Phi) is 5.99. The van der Waals surface area contributed by atoms with E-state index in [9.17, 15) is 4.79 Å². The average Bonchev–Trinajstić information content (AvgIpc) is 2.86. The fourth-order valence-corrected chi connectivity index (χ4v) is 3.52. The lowest BCUT2D eigenvalue weighted by Crippen LogP contribution is -2.18. The van der Waals surface area contributed by atoms with Crippen molar-refractivity contribution in [1.82, 2.24) is 25.3 Å². The molecule has 0 aliphatic rings.